The van der Waals surface area contributed by atoms with Crippen LogP contribution in [-0.2, 0) is 4.74 Å². The molecule has 1 unspecified atom stereocenters. The maximum absolute atomic E-state index is 11.0. The van der Waals surface area contributed by atoms with Gasteiger partial charge < -0.3 is 15.4 Å². The number of benzene rings is 1. The second-order valence-corrected chi connectivity index (χ2v) is 5.71. The highest BCUT2D eigenvalue weighted by atomic mass is 16.6. The van der Waals surface area contributed by atoms with Crippen LogP contribution in [0.2, 0.25) is 0 Å². The topological polar surface area (TPSA) is 76.4 Å². The van der Waals surface area contributed by atoms with Crippen LogP contribution in [-0.4, -0.2) is 30.2 Å². The summed E-state index contributed by atoms with van der Waals surface area (Å²) in [6.07, 6.45) is 3.05. The lowest BCUT2D eigenvalue weighted by Gasteiger charge is -2.24. The molecule has 2 rings (SSSR count). The van der Waals surface area contributed by atoms with Gasteiger partial charge in [0.15, 0.2) is 0 Å². The van der Waals surface area contributed by atoms with E-state index in [9.17, 15) is 10.1 Å². The third-order valence-electron chi connectivity index (χ3n) is 3.67. The summed E-state index contributed by atoms with van der Waals surface area (Å²) in [5, 5.41) is 17.5. The Morgan fingerprint density at radius 1 is 1.33 bits per heavy atom. The van der Waals surface area contributed by atoms with Crippen molar-refractivity contribution in [3.63, 3.8) is 0 Å². The van der Waals surface area contributed by atoms with Crippen molar-refractivity contribution in [2.45, 2.75) is 38.7 Å². The van der Waals surface area contributed by atoms with E-state index in [0.717, 1.165) is 43.8 Å². The molecular formula is C15H23N3O3. The highest BCUT2D eigenvalue weighted by Crippen LogP contribution is 2.28. The smallest absolute Gasteiger partial charge is 0.273 e. The maximum Gasteiger partial charge on any atom is 0.273 e. The number of nitrogens with one attached hydrogen (secondary N) is 2. The van der Waals surface area contributed by atoms with Crippen molar-refractivity contribution >= 4 is 17.1 Å². The molecule has 1 fully saturated rings. The van der Waals surface area contributed by atoms with Gasteiger partial charge in [0.2, 0.25) is 0 Å². The number of ether oxygens (including phenoxy) is 1. The Labute approximate surface area is 125 Å². The molecule has 6 heteroatoms. The molecule has 1 aliphatic heterocycles. The fraction of sp³-hybridized carbons (Fsp3) is 0.600. The van der Waals surface area contributed by atoms with Gasteiger partial charge in [-0.05, 0) is 32.3 Å². The van der Waals surface area contributed by atoms with Crippen molar-refractivity contribution in [2.24, 2.45) is 0 Å². The monoisotopic (exact) mass is 293 g/mol. The minimum Gasteiger partial charge on any atom is -0.385 e. The highest BCUT2D eigenvalue weighted by Gasteiger charge is 2.29. The van der Waals surface area contributed by atoms with E-state index in [-0.39, 0.29) is 16.2 Å². The minimum absolute atomic E-state index is 0.0936. The largest absolute Gasteiger partial charge is 0.385 e. The molecule has 1 atom stereocenters. The summed E-state index contributed by atoms with van der Waals surface area (Å²) >= 11 is 0. The van der Waals surface area contributed by atoms with Gasteiger partial charge in [-0.1, -0.05) is 6.92 Å². The van der Waals surface area contributed by atoms with Gasteiger partial charge in [-0.25, -0.2) is 0 Å². The van der Waals surface area contributed by atoms with Crippen LogP contribution in [0.25, 0.3) is 0 Å². The summed E-state index contributed by atoms with van der Waals surface area (Å²) in [7, 11) is 0. The fourth-order valence-corrected chi connectivity index (χ4v) is 2.46. The van der Waals surface area contributed by atoms with Gasteiger partial charge in [-0.15, -0.1) is 0 Å². The molecule has 21 heavy (non-hydrogen) atoms. The van der Waals surface area contributed by atoms with Crippen LogP contribution in [0, 0.1) is 10.1 Å². The van der Waals surface area contributed by atoms with Crippen LogP contribution in [0.3, 0.4) is 0 Å². The fourth-order valence-electron chi connectivity index (χ4n) is 2.46. The molecule has 1 aliphatic rings. The van der Waals surface area contributed by atoms with E-state index < -0.39 is 0 Å². The van der Waals surface area contributed by atoms with Gasteiger partial charge in [0.25, 0.3) is 5.69 Å². The average Bonchev–Trinajstić information content (AvgIpc) is 2.90. The molecule has 0 saturated carbocycles. The van der Waals surface area contributed by atoms with Crippen molar-refractivity contribution in [1.29, 1.82) is 0 Å². The summed E-state index contributed by atoms with van der Waals surface area (Å²) in [4.78, 5) is 10.7. The number of hydrogen-bond acceptors (Lipinski definition) is 5. The van der Waals surface area contributed by atoms with Crippen LogP contribution in [0.4, 0.5) is 17.1 Å². The first kappa shape index (κ1) is 15.6. The highest BCUT2D eigenvalue weighted by molar-refractivity contribution is 5.63. The zero-order chi connectivity index (χ0) is 15.3. The Hall–Kier alpha value is -1.82. The zero-order valence-electron chi connectivity index (χ0n) is 12.6. The van der Waals surface area contributed by atoms with Gasteiger partial charge in [0.05, 0.1) is 10.5 Å². The van der Waals surface area contributed by atoms with Crippen LogP contribution in [0.5, 0.6) is 0 Å². The minimum atomic E-state index is -0.365. The van der Waals surface area contributed by atoms with E-state index in [1.54, 1.807) is 12.1 Å². The Balaban J connectivity index is 2.09. The second-order valence-electron chi connectivity index (χ2n) is 5.71. The second kappa shape index (κ2) is 6.76. The lowest BCUT2D eigenvalue weighted by molar-refractivity contribution is -0.384. The van der Waals surface area contributed by atoms with E-state index in [0.29, 0.717) is 6.54 Å². The number of nitrogens with zero attached hydrogens (tertiary/aromatic N) is 1. The van der Waals surface area contributed by atoms with Crippen molar-refractivity contribution in [3.8, 4) is 0 Å². The summed E-state index contributed by atoms with van der Waals surface area (Å²) < 4.78 is 5.72. The third kappa shape index (κ3) is 4.32. The number of nitro groups is 1. The summed E-state index contributed by atoms with van der Waals surface area (Å²) in [6, 6.07) is 5.03. The molecule has 2 N–H and O–H groups in total. The molecule has 1 heterocycles. The van der Waals surface area contributed by atoms with Crippen molar-refractivity contribution in [3.05, 3.63) is 28.3 Å². The Morgan fingerprint density at radius 3 is 2.62 bits per heavy atom. The molecular weight excluding hydrogens is 270 g/mol. The van der Waals surface area contributed by atoms with Crippen molar-refractivity contribution < 1.29 is 9.66 Å². The van der Waals surface area contributed by atoms with Gasteiger partial charge in [0, 0.05) is 43.2 Å². The van der Waals surface area contributed by atoms with E-state index in [2.05, 4.69) is 24.5 Å². The van der Waals surface area contributed by atoms with Crippen LogP contribution < -0.4 is 10.6 Å². The number of anilines is 2. The molecule has 0 aromatic heterocycles. The molecule has 1 saturated heterocycles. The summed E-state index contributed by atoms with van der Waals surface area (Å²) in [6.45, 7) is 6.36. The van der Waals surface area contributed by atoms with Gasteiger partial charge in [0.1, 0.15) is 0 Å². The summed E-state index contributed by atoms with van der Waals surface area (Å²) in [5.74, 6) is 0. The predicted octanol–water partition coefficient (Wildman–Crippen LogP) is 3.40. The van der Waals surface area contributed by atoms with Crippen molar-refractivity contribution in [1.82, 2.24) is 0 Å². The van der Waals surface area contributed by atoms with E-state index >= 15 is 0 Å². The SMILES string of the molecule is CCCNc1cc(NCC2(C)CCCO2)cc([N+](=O)[O-])c1. The molecule has 0 spiro atoms. The number of nitro benzene ring substituents is 1. The molecule has 116 valence electrons. The Bertz CT molecular complexity index is 499. The van der Waals surface area contributed by atoms with Crippen LogP contribution in [0.15, 0.2) is 18.2 Å². The van der Waals surface area contributed by atoms with Crippen molar-refractivity contribution in [2.75, 3.05) is 30.3 Å². The normalized spacial score (nSPS) is 21.2. The molecule has 0 amide bonds. The molecule has 6 nitrogen and oxygen atoms in total. The van der Waals surface area contributed by atoms with Crippen LogP contribution in [0.1, 0.15) is 33.1 Å². The predicted molar refractivity (Wildman–Crippen MR) is 84.0 cm³/mol. The Kier molecular flexibility index (Phi) is 5.01. The third-order valence-corrected chi connectivity index (χ3v) is 3.67. The number of rotatable bonds is 7. The lowest BCUT2D eigenvalue weighted by atomic mass is 10.0. The van der Waals surface area contributed by atoms with Crippen LogP contribution >= 0.6 is 0 Å². The molecule has 1 aromatic carbocycles. The zero-order valence-corrected chi connectivity index (χ0v) is 12.6. The first-order chi connectivity index (χ1) is 10.0. The number of non-ortho nitro benzene ring substituents is 1. The summed E-state index contributed by atoms with van der Waals surface area (Å²) in [5.41, 5.74) is 1.43. The average molecular weight is 293 g/mol. The molecule has 1 aromatic rings. The quantitative estimate of drug-likeness (QED) is 0.595. The first-order valence-corrected chi connectivity index (χ1v) is 7.43. The first-order valence-electron chi connectivity index (χ1n) is 7.43. The van der Waals surface area contributed by atoms with Gasteiger partial charge in [-0.2, -0.15) is 0 Å². The van der Waals surface area contributed by atoms with Gasteiger partial charge >= 0.3 is 0 Å². The standard InChI is InChI=1S/C15H23N3O3/c1-3-6-16-12-8-13(10-14(9-12)18(19)20)17-11-15(2)5-4-7-21-15/h8-10,16-17H,3-7,11H2,1-2H3. The number of hydrogen-bond donors (Lipinski definition) is 2. The molecule has 0 aliphatic carbocycles. The van der Waals surface area contributed by atoms with E-state index in [1.165, 1.54) is 0 Å². The molecule has 0 radical (unpaired) electrons. The van der Waals surface area contributed by atoms with Gasteiger partial charge in [-0.3, -0.25) is 10.1 Å². The Morgan fingerprint density at radius 2 is 2.05 bits per heavy atom. The molecule has 0 bridgehead atoms. The van der Waals surface area contributed by atoms with E-state index in [1.807, 2.05) is 6.07 Å². The van der Waals surface area contributed by atoms with E-state index in [4.69, 9.17) is 4.74 Å². The lowest BCUT2D eigenvalue weighted by Crippen LogP contribution is -2.32. The maximum atomic E-state index is 11.0.